The van der Waals surface area contributed by atoms with Crippen molar-refractivity contribution in [2.45, 2.75) is 31.8 Å². The van der Waals surface area contributed by atoms with Gasteiger partial charge in [0.25, 0.3) is 5.88 Å². The van der Waals surface area contributed by atoms with E-state index in [2.05, 4.69) is 27.9 Å². The van der Waals surface area contributed by atoms with Crippen molar-refractivity contribution in [2.24, 2.45) is 0 Å². The Morgan fingerprint density at radius 1 is 1.25 bits per heavy atom. The predicted molar refractivity (Wildman–Crippen MR) is 77.1 cm³/mol. The van der Waals surface area contributed by atoms with Crippen LogP contribution in [0.15, 0.2) is 24.0 Å². The summed E-state index contributed by atoms with van der Waals surface area (Å²) in [5.74, 6) is 1.43. The average molecular weight is 275 g/mol. The molecule has 1 aromatic heterocycles. The Morgan fingerprint density at radius 2 is 2.00 bits per heavy atom. The Morgan fingerprint density at radius 3 is 2.70 bits per heavy atom. The van der Waals surface area contributed by atoms with Crippen LogP contribution in [0.1, 0.15) is 26.2 Å². The molecule has 1 saturated heterocycles. The maximum absolute atomic E-state index is 6.05. The molecule has 0 N–H and O–H groups in total. The molecule has 0 saturated carbocycles. The summed E-state index contributed by atoms with van der Waals surface area (Å²) in [7, 11) is 1.63. The maximum atomic E-state index is 6.05. The highest BCUT2D eigenvalue weighted by Gasteiger charge is 2.36. The lowest BCUT2D eigenvalue weighted by atomic mass is 9.87. The molecule has 0 bridgehead atoms. The Bertz CT molecular complexity index is 508. The number of piperidine rings is 1. The van der Waals surface area contributed by atoms with Gasteiger partial charge < -0.3 is 14.4 Å². The molecule has 5 nitrogen and oxygen atoms in total. The Kier molecular flexibility index (Phi) is 3.61. The predicted octanol–water partition coefficient (Wildman–Crippen LogP) is 2.19. The molecular formula is C15H21N3O2. The summed E-state index contributed by atoms with van der Waals surface area (Å²) in [4.78, 5) is 10.9. The highest BCUT2D eigenvalue weighted by Crippen LogP contribution is 2.35. The lowest BCUT2D eigenvalue weighted by Gasteiger charge is -2.42. The van der Waals surface area contributed by atoms with Gasteiger partial charge in [-0.2, -0.15) is 0 Å². The van der Waals surface area contributed by atoms with Gasteiger partial charge in [0.2, 0.25) is 0 Å². The monoisotopic (exact) mass is 275 g/mol. The van der Waals surface area contributed by atoms with Crippen molar-refractivity contribution in [3.63, 3.8) is 0 Å². The zero-order valence-electron chi connectivity index (χ0n) is 12.1. The van der Waals surface area contributed by atoms with Crippen LogP contribution in [0.25, 0.3) is 0 Å². The zero-order valence-corrected chi connectivity index (χ0v) is 12.1. The number of methoxy groups -OCH3 is 1. The molecule has 5 heteroatoms. The Labute approximate surface area is 119 Å². The molecule has 3 heterocycles. The molecule has 0 aliphatic carbocycles. The summed E-state index contributed by atoms with van der Waals surface area (Å²) in [5.41, 5.74) is 1.38. The number of hydrogen-bond acceptors (Lipinski definition) is 5. The standard InChI is InChI=1S/C15H21N3O2/c1-12-3-10-20-15(11-12)4-8-18(9-5-15)13-14(19-2)17-7-6-16-13/h6-7,11H,3-5,8-10H2,1-2H3. The zero-order chi connectivity index (χ0) is 14.0. The van der Waals surface area contributed by atoms with Crippen LogP contribution in [-0.4, -0.2) is 42.4 Å². The molecule has 0 atom stereocenters. The molecule has 2 aliphatic heterocycles. The van der Waals surface area contributed by atoms with Gasteiger partial charge in [-0.15, -0.1) is 0 Å². The molecule has 20 heavy (non-hydrogen) atoms. The highest BCUT2D eigenvalue weighted by molar-refractivity contribution is 5.48. The van der Waals surface area contributed by atoms with Gasteiger partial charge in [0.15, 0.2) is 5.82 Å². The van der Waals surface area contributed by atoms with Crippen LogP contribution in [0.4, 0.5) is 5.82 Å². The largest absolute Gasteiger partial charge is 0.478 e. The summed E-state index contributed by atoms with van der Waals surface area (Å²) < 4.78 is 11.3. The van der Waals surface area contributed by atoms with Crippen LogP contribution in [-0.2, 0) is 4.74 Å². The van der Waals surface area contributed by atoms with Crippen molar-refractivity contribution < 1.29 is 9.47 Å². The van der Waals surface area contributed by atoms with E-state index in [1.807, 2.05) is 0 Å². The topological polar surface area (TPSA) is 47.5 Å². The van der Waals surface area contributed by atoms with Gasteiger partial charge in [0.1, 0.15) is 0 Å². The van der Waals surface area contributed by atoms with E-state index in [0.717, 1.165) is 44.8 Å². The second-order valence-electron chi connectivity index (χ2n) is 5.53. The summed E-state index contributed by atoms with van der Waals surface area (Å²) in [6.07, 6.45) is 8.73. The first-order chi connectivity index (χ1) is 9.72. The van der Waals surface area contributed by atoms with Crippen molar-refractivity contribution in [3.8, 4) is 5.88 Å². The molecule has 1 fully saturated rings. The third-order valence-electron chi connectivity index (χ3n) is 4.14. The average Bonchev–Trinajstić information content (AvgIpc) is 2.48. The van der Waals surface area contributed by atoms with E-state index in [9.17, 15) is 0 Å². The van der Waals surface area contributed by atoms with Gasteiger partial charge in [-0.25, -0.2) is 9.97 Å². The maximum Gasteiger partial charge on any atom is 0.257 e. The number of rotatable bonds is 2. The lowest BCUT2D eigenvalue weighted by molar-refractivity contribution is -0.0326. The van der Waals surface area contributed by atoms with E-state index in [1.54, 1.807) is 19.5 Å². The molecule has 2 aliphatic rings. The van der Waals surface area contributed by atoms with Crippen LogP contribution >= 0.6 is 0 Å². The van der Waals surface area contributed by atoms with Crippen molar-refractivity contribution in [1.29, 1.82) is 0 Å². The molecule has 0 radical (unpaired) electrons. The van der Waals surface area contributed by atoms with Gasteiger partial charge in [-0.3, -0.25) is 0 Å². The van der Waals surface area contributed by atoms with Gasteiger partial charge in [-0.05, 0) is 26.2 Å². The van der Waals surface area contributed by atoms with Crippen molar-refractivity contribution in [1.82, 2.24) is 9.97 Å². The first-order valence-electron chi connectivity index (χ1n) is 7.15. The summed E-state index contributed by atoms with van der Waals surface area (Å²) >= 11 is 0. The van der Waals surface area contributed by atoms with E-state index < -0.39 is 0 Å². The van der Waals surface area contributed by atoms with Crippen LogP contribution in [0, 0.1) is 0 Å². The van der Waals surface area contributed by atoms with Crippen LogP contribution in [0.3, 0.4) is 0 Å². The first kappa shape index (κ1) is 13.4. The second-order valence-corrected chi connectivity index (χ2v) is 5.53. The van der Waals surface area contributed by atoms with E-state index in [-0.39, 0.29) is 5.60 Å². The number of aromatic nitrogens is 2. The summed E-state index contributed by atoms with van der Waals surface area (Å²) in [5, 5.41) is 0. The normalized spacial score (nSPS) is 21.7. The quantitative estimate of drug-likeness (QED) is 0.774. The van der Waals surface area contributed by atoms with Crippen molar-refractivity contribution in [3.05, 3.63) is 24.0 Å². The highest BCUT2D eigenvalue weighted by atomic mass is 16.5. The smallest absolute Gasteiger partial charge is 0.257 e. The molecule has 108 valence electrons. The minimum absolute atomic E-state index is 0.0612. The number of anilines is 1. The molecule has 0 unspecified atom stereocenters. The van der Waals surface area contributed by atoms with E-state index in [1.165, 1.54) is 5.57 Å². The van der Waals surface area contributed by atoms with Crippen molar-refractivity contribution >= 4 is 5.82 Å². The molecule has 1 aromatic rings. The number of hydrogen-bond donors (Lipinski definition) is 0. The SMILES string of the molecule is COc1nccnc1N1CCC2(C=C(C)CCO2)CC1. The second kappa shape index (κ2) is 5.40. The number of ether oxygens (including phenoxy) is 2. The van der Waals surface area contributed by atoms with E-state index in [0.29, 0.717) is 5.88 Å². The summed E-state index contributed by atoms with van der Waals surface area (Å²) in [6, 6.07) is 0. The van der Waals surface area contributed by atoms with Crippen LogP contribution in [0.5, 0.6) is 5.88 Å². The Balaban J connectivity index is 1.74. The fourth-order valence-corrected chi connectivity index (χ4v) is 3.04. The lowest BCUT2D eigenvalue weighted by Crippen LogP contribution is -2.46. The van der Waals surface area contributed by atoms with Gasteiger partial charge in [0, 0.05) is 25.5 Å². The van der Waals surface area contributed by atoms with E-state index in [4.69, 9.17) is 9.47 Å². The molecule has 0 amide bonds. The van der Waals surface area contributed by atoms with Crippen LogP contribution < -0.4 is 9.64 Å². The fraction of sp³-hybridized carbons (Fsp3) is 0.600. The third kappa shape index (κ3) is 2.50. The third-order valence-corrected chi connectivity index (χ3v) is 4.14. The molecule has 0 aromatic carbocycles. The fourth-order valence-electron chi connectivity index (χ4n) is 3.04. The van der Waals surface area contributed by atoms with Gasteiger partial charge in [0.05, 0.1) is 19.3 Å². The van der Waals surface area contributed by atoms with Crippen molar-refractivity contribution in [2.75, 3.05) is 31.7 Å². The molecule has 3 rings (SSSR count). The van der Waals surface area contributed by atoms with E-state index >= 15 is 0 Å². The van der Waals surface area contributed by atoms with Gasteiger partial charge >= 0.3 is 0 Å². The molecule has 1 spiro atoms. The van der Waals surface area contributed by atoms with Gasteiger partial charge in [-0.1, -0.05) is 11.6 Å². The minimum Gasteiger partial charge on any atom is -0.478 e. The number of nitrogens with zero attached hydrogens (tertiary/aromatic N) is 3. The Hall–Kier alpha value is -1.62. The first-order valence-corrected chi connectivity index (χ1v) is 7.15. The minimum atomic E-state index is -0.0612. The van der Waals surface area contributed by atoms with Crippen LogP contribution in [0.2, 0.25) is 0 Å². The molecular weight excluding hydrogens is 254 g/mol. The summed E-state index contributed by atoms with van der Waals surface area (Å²) in [6.45, 7) is 4.87.